The molecule has 1 fully saturated rings. The molecule has 1 saturated heterocycles. The average Bonchev–Trinajstić information content (AvgIpc) is 2.95. The molecule has 12 heteroatoms. The van der Waals surface area contributed by atoms with Gasteiger partial charge in [-0.25, -0.2) is 19.7 Å². The van der Waals surface area contributed by atoms with E-state index in [4.69, 9.17) is 11.6 Å². The van der Waals surface area contributed by atoms with Gasteiger partial charge in [-0.05, 0) is 79.7 Å². The standard InChI is InChI=1S/C23H19ClF3N5O2S/c1-22(2)20(33)32(15-5-7-16(8-6-15)35-23(25,26)27)21(34)31(22)13-14-9-11-28-18(12-14)30-17-4-3-10-29-19(17)24/h3-12H,13H2,1-2H3,(H,28,30). The molecule has 35 heavy (non-hydrogen) atoms. The van der Waals surface area contributed by atoms with Gasteiger partial charge in [0.25, 0.3) is 5.91 Å². The van der Waals surface area contributed by atoms with Crippen molar-refractivity contribution in [2.75, 3.05) is 10.2 Å². The van der Waals surface area contributed by atoms with Gasteiger partial charge >= 0.3 is 11.5 Å². The number of nitrogens with zero attached hydrogens (tertiary/aromatic N) is 4. The first-order chi connectivity index (χ1) is 16.5. The Bertz CT molecular complexity index is 1270. The van der Waals surface area contributed by atoms with Crippen LogP contribution in [-0.2, 0) is 11.3 Å². The average molecular weight is 522 g/mol. The molecule has 0 bridgehead atoms. The lowest BCUT2D eigenvalue weighted by atomic mass is 10.0. The summed E-state index contributed by atoms with van der Waals surface area (Å²) in [6.45, 7) is 3.35. The predicted octanol–water partition coefficient (Wildman–Crippen LogP) is 6.23. The Kier molecular flexibility index (Phi) is 6.65. The van der Waals surface area contributed by atoms with Gasteiger partial charge < -0.3 is 10.2 Å². The summed E-state index contributed by atoms with van der Waals surface area (Å²) in [6.07, 6.45) is 3.12. The highest BCUT2D eigenvalue weighted by Gasteiger charge is 2.51. The van der Waals surface area contributed by atoms with Crippen molar-refractivity contribution < 1.29 is 22.8 Å². The van der Waals surface area contributed by atoms with E-state index in [0.717, 1.165) is 4.90 Å². The van der Waals surface area contributed by atoms with Gasteiger partial charge in [0, 0.05) is 23.8 Å². The van der Waals surface area contributed by atoms with Gasteiger partial charge in [0.1, 0.15) is 11.4 Å². The molecule has 182 valence electrons. The number of amides is 3. The number of aromatic nitrogens is 2. The number of urea groups is 1. The van der Waals surface area contributed by atoms with Gasteiger partial charge in [-0.2, -0.15) is 13.2 Å². The number of hydrogen-bond acceptors (Lipinski definition) is 6. The number of alkyl halides is 3. The van der Waals surface area contributed by atoms with Crippen LogP contribution in [0.5, 0.6) is 0 Å². The van der Waals surface area contributed by atoms with Crippen molar-refractivity contribution in [2.45, 2.75) is 36.3 Å². The fourth-order valence-electron chi connectivity index (χ4n) is 3.57. The molecule has 4 rings (SSSR count). The fourth-order valence-corrected chi connectivity index (χ4v) is 4.27. The van der Waals surface area contributed by atoms with Crippen LogP contribution in [-0.4, -0.2) is 37.9 Å². The molecule has 0 atom stereocenters. The topological polar surface area (TPSA) is 78.4 Å². The number of carbonyl (C=O) groups is 2. The van der Waals surface area contributed by atoms with Crippen LogP contribution in [0.4, 0.5) is 35.2 Å². The maximum Gasteiger partial charge on any atom is 0.446 e. The third-order valence-electron chi connectivity index (χ3n) is 5.34. The van der Waals surface area contributed by atoms with Crippen molar-refractivity contribution >= 4 is 52.5 Å². The third-order valence-corrected chi connectivity index (χ3v) is 6.38. The Morgan fingerprint density at radius 3 is 2.43 bits per heavy atom. The van der Waals surface area contributed by atoms with E-state index in [1.54, 1.807) is 50.5 Å². The highest BCUT2D eigenvalue weighted by Crippen LogP contribution is 2.39. The summed E-state index contributed by atoms with van der Waals surface area (Å²) in [4.78, 5) is 37.0. The number of thioether (sulfide) groups is 1. The molecule has 1 N–H and O–H groups in total. The van der Waals surface area contributed by atoms with Gasteiger partial charge in [-0.3, -0.25) is 4.79 Å². The Labute approximate surface area is 208 Å². The van der Waals surface area contributed by atoms with Crippen LogP contribution in [0.25, 0.3) is 0 Å². The zero-order chi connectivity index (χ0) is 25.4. The smallest absolute Gasteiger partial charge is 0.338 e. The zero-order valence-corrected chi connectivity index (χ0v) is 20.1. The van der Waals surface area contributed by atoms with Crippen LogP contribution in [0.3, 0.4) is 0 Å². The number of nitrogens with one attached hydrogen (secondary N) is 1. The molecule has 3 heterocycles. The molecule has 3 aromatic rings. The van der Waals surface area contributed by atoms with E-state index in [-0.39, 0.29) is 34.0 Å². The lowest BCUT2D eigenvalue weighted by Crippen LogP contribution is -2.43. The first kappa shape index (κ1) is 24.8. The van der Waals surface area contributed by atoms with Crippen LogP contribution in [0.1, 0.15) is 19.4 Å². The van der Waals surface area contributed by atoms with Crippen molar-refractivity contribution in [3.63, 3.8) is 0 Å². The minimum absolute atomic E-state index is 0.0398. The van der Waals surface area contributed by atoms with E-state index in [9.17, 15) is 22.8 Å². The Morgan fingerprint density at radius 1 is 1.06 bits per heavy atom. The minimum atomic E-state index is -4.43. The van der Waals surface area contributed by atoms with Gasteiger partial charge in [-0.1, -0.05) is 11.6 Å². The minimum Gasteiger partial charge on any atom is -0.338 e. The van der Waals surface area contributed by atoms with E-state index >= 15 is 0 Å². The van der Waals surface area contributed by atoms with E-state index in [1.165, 1.54) is 29.2 Å². The fraction of sp³-hybridized carbons (Fsp3) is 0.217. The summed E-state index contributed by atoms with van der Waals surface area (Å²) >= 11 is 5.82. The normalized spacial score (nSPS) is 15.6. The monoisotopic (exact) mass is 521 g/mol. The zero-order valence-electron chi connectivity index (χ0n) is 18.5. The number of carbonyl (C=O) groups excluding carboxylic acids is 2. The molecule has 0 aliphatic carbocycles. The second-order valence-electron chi connectivity index (χ2n) is 8.13. The van der Waals surface area contributed by atoms with E-state index in [0.29, 0.717) is 17.1 Å². The van der Waals surface area contributed by atoms with Crippen molar-refractivity contribution in [3.8, 4) is 0 Å². The molecule has 3 amide bonds. The SMILES string of the molecule is CC1(C)C(=O)N(c2ccc(SC(F)(F)F)cc2)C(=O)N1Cc1ccnc(Nc2cccnc2Cl)c1. The van der Waals surface area contributed by atoms with Crippen LogP contribution < -0.4 is 10.2 Å². The first-order valence-corrected chi connectivity index (χ1v) is 11.5. The van der Waals surface area contributed by atoms with Gasteiger partial charge in [0.05, 0.1) is 11.4 Å². The predicted molar refractivity (Wildman–Crippen MR) is 128 cm³/mol. The molecule has 0 unspecified atom stereocenters. The molecular formula is C23H19ClF3N5O2S. The molecule has 1 aliphatic heterocycles. The van der Waals surface area contributed by atoms with Crippen LogP contribution in [0.15, 0.2) is 65.8 Å². The van der Waals surface area contributed by atoms with Gasteiger partial charge in [-0.15, -0.1) is 0 Å². The first-order valence-electron chi connectivity index (χ1n) is 10.3. The number of halogens is 4. The molecule has 1 aliphatic rings. The summed E-state index contributed by atoms with van der Waals surface area (Å²) in [5, 5.41) is 3.34. The molecular weight excluding hydrogens is 503 g/mol. The molecule has 2 aromatic heterocycles. The molecule has 0 saturated carbocycles. The van der Waals surface area contributed by atoms with Crippen LogP contribution in [0, 0.1) is 0 Å². The molecule has 0 spiro atoms. The quantitative estimate of drug-likeness (QED) is 0.235. The number of pyridine rings is 2. The Morgan fingerprint density at radius 2 is 1.77 bits per heavy atom. The molecule has 1 aromatic carbocycles. The van der Waals surface area contributed by atoms with Crippen molar-refractivity contribution in [1.82, 2.24) is 14.9 Å². The summed E-state index contributed by atoms with van der Waals surface area (Å²) in [5.41, 5.74) is -4.15. The van der Waals surface area contributed by atoms with E-state index in [1.807, 2.05) is 0 Å². The highest BCUT2D eigenvalue weighted by molar-refractivity contribution is 8.00. The third kappa shape index (κ3) is 5.35. The van der Waals surface area contributed by atoms with Crippen LogP contribution in [0.2, 0.25) is 5.15 Å². The van der Waals surface area contributed by atoms with Crippen molar-refractivity contribution in [3.05, 3.63) is 71.6 Å². The Balaban J connectivity index is 1.54. The van der Waals surface area contributed by atoms with E-state index in [2.05, 4.69) is 15.3 Å². The lowest BCUT2D eigenvalue weighted by molar-refractivity contribution is -0.123. The maximum absolute atomic E-state index is 13.3. The second-order valence-corrected chi connectivity index (χ2v) is 9.62. The number of hydrogen-bond donors (Lipinski definition) is 1. The number of imide groups is 1. The number of anilines is 3. The van der Waals surface area contributed by atoms with Crippen molar-refractivity contribution in [2.24, 2.45) is 0 Å². The lowest BCUT2D eigenvalue weighted by Gasteiger charge is -2.27. The van der Waals surface area contributed by atoms with E-state index < -0.39 is 23.0 Å². The molecule has 7 nitrogen and oxygen atoms in total. The summed E-state index contributed by atoms with van der Waals surface area (Å²) in [5.74, 6) is -0.00365. The second kappa shape index (κ2) is 9.38. The van der Waals surface area contributed by atoms with Gasteiger partial charge in [0.2, 0.25) is 0 Å². The van der Waals surface area contributed by atoms with Crippen molar-refractivity contribution in [1.29, 1.82) is 0 Å². The summed E-state index contributed by atoms with van der Waals surface area (Å²) in [6, 6.07) is 11.5. The molecule has 0 radical (unpaired) electrons. The number of benzene rings is 1. The van der Waals surface area contributed by atoms with Crippen LogP contribution >= 0.6 is 23.4 Å². The summed E-state index contributed by atoms with van der Waals surface area (Å²) < 4.78 is 37.8. The maximum atomic E-state index is 13.3. The largest absolute Gasteiger partial charge is 0.446 e. The van der Waals surface area contributed by atoms with Gasteiger partial charge in [0.15, 0.2) is 5.15 Å². The summed E-state index contributed by atoms with van der Waals surface area (Å²) in [7, 11) is 0. The Hall–Kier alpha value is -3.31. The highest BCUT2D eigenvalue weighted by atomic mass is 35.5. The number of rotatable bonds is 6.